The molecule has 2 aromatic heterocycles. The number of esters is 1. The van der Waals surface area contributed by atoms with Gasteiger partial charge in [0.1, 0.15) is 5.60 Å². The van der Waals surface area contributed by atoms with Crippen molar-refractivity contribution in [1.82, 2.24) is 24.3 Å². The molecule has 0 aromatic carbocycles. The van der Waals surface area contributed by atoms with Gasteiger partial charge >= 0.3 is 12.0 Å². The van der Waals surface area contributed by atoms with E-state index >= 15 is 0 Å². The third kappa shape index (κ3) is 8.28. The van der Waals surface area contributed by atoms with Crippen molar-refractivity contribution in [3.8, 4) is 0 Å². The molecule has 21 heteroatoms. The zero-order valence-corrected chi connectivity index (χ0v) is 29.4. The van der Waals surface area contributed by atoms with Crippen molar-refractivity contribution in [3.05, 3.63) is 23.3 Å². The first-order chi connectivity index (χ1) is 22.8. The fourth-order valence-electron chi connectivity index (χ4n) is 4.78. The number of nitrogens with two attached hydrogens (primary N) is 3. The number of urea groups is 1. The number of carboxylic acids is 1. The summed E-state index contributed by atoms with van der Waals surface area (Å²) in [5.74, 6) is -4.31. The Morgan fingerprint density at radius 3 is 2.49 bits per heavy atom. The maximum Gasteiger partial charge on any atom is 0.353 e. The summed E-state index contributed by atoms with van der Waals surface area (Å²) < 4.78 is 12.5. The van der Waals surface area contributed by atoms with Gasteiger partial charge in [0, 0.05) is 42.4 Å². The van der Waals surface area contributed by atoms with E-state index in [9.17, 15) is 29.1 Å². The molecule has 0 spiro atoms. The van der Waals surface area contributed by atoms with Gasteiger partial charge in [-0.3, -0.25) is 19.8 Å². The lowest BCUT2D eigenvalue weighted by Crippen LogP contribution is -2.63. The zero-order chi connectivity index (χ0) is 36.4. The Kier molecular flexibility index (Phi) is 10.9. The third-order valence-electron chi connectivity index (χ3n) is 7.25. The molecular weight excluding hydrogens is 683 g/mol. The molecule has 2 atom stereocenters. The van der Waals surface area contributed by atoms with Crippen LogP contribution in [-0.4, -0.2) is 89.7 Å². The second-order valence-corrected chi connectivity index (χ2v) is 14.5. The molecular formula is C28H39N11O8S2. The van der Waals surface area contributed by atoms with E-state index in [2.05, 4.69) is 25.1 Å². The average molecular weight is 722 g/mol. The smallest absolute Gasteiger partial charge is 0.353 e. The van der Waals surface area contributed by atoms with E-state index in [0.717, 1.165) is 16.4 Å². The van der Waals surface area contributed by atoms with Crippen molar-refractivity contribution in [2.24, 2.45) is 23.9 Å². The highest BCUT2D eigenvalue weighted by Crippen LogP contribution is 2.45. The molecule has 49 heavy (non-hydrogen) atoms. The number of anilines is 3. The minimum absolute atomic E-state index is 0.00169. The number of oxime groups is 1. The molecule has 0 saturated carbocycles. The number of fused-ring (bicyclic) bond motifs is 1. The summed E-state index contributed by atoms with van der Waals surface area (Å²) in [7, 11) is 1.62. The van der Waals surface area contributed by atoms with E-state index in [0.29, 0.717) is 5.57 Å². The minimum atomic E-state index is -1.61. The van der Waals surface area contributed by atoms with E-state index in [1.165, 1.54) is 36.5 Å². The molecule has 19 nitrogen and oxygen atoms in total. The van der Waals surface area contributed by atoms with Gasteiger partial charge in [0.2, 0.25) is 23.5 Å². The van der Waals surface area contributed by atoms with Gasteiger partial charge in [-0.05, 0) is 34.6 Å². The number of hydrogen-bond donors (Lipinski definition) is 5. The lowest BCUT2D eigenvalue weighted by molar-refractivity contribution is -0.765. The fraction of sp³-hybridized carbons (Fsp3) is 0.536. The Balaban J connectivity index is 1.53. The van der Waals surface area contributed by atoms with Crippen LogP contribution in [0.4, 0.5) is 21.4 Å². The first kappa shape index (κ1) is 37.1. The number of hydrogen-bond acceptors (Lipinski definition) is 16. The molecule has 0 aliphatic carbocycles. The first-order valence-electron chi connectivity index (χ1n) is 14.9. The van der Waals surface area contributed by atoms with Crippen LogP contribution in [0.3, 0.4) is 0 Å². The molecule has 1 fully saturated rings. The zero-order valence-electron chi connectivity index (χ0n) is 27.8. The number of β-lactam (4-membered cyclic amide) rings is 1. The second kappa shape index (κ2) is 14.4. The van der Waals surface area contributed by atoms with Gasteiger partial charge in [-0.2, -0.15) is 9.36 Å². The summed E-state index contributed by atoms with van der Waals surface area (Å²) in [5, 5.41) is 20.8. The molecule has 1 saturated heterocycles. The SMILES string of the molecule is Cn1c(N)c(NC(=O)NCCN)c[n+]1CC1=C(C(=O)[O-])N2C(=O)[C@@H](CC(=O)/C(=N\OC(C)(C)C(=O)OC(C)(C)C)c3nsc(N)n3)[C@H]2SC1. The molecule has 2 aromatic rings. The van der Waals surface area contributed by atoms with Crippen molar-refractivity contribution in [2.75, 3.05) is 35.6 Å². The van der Waals surface area contributed by atoms with Crippen LogP contribution < -0.4 is 37.6 Å². The molecule has 8 N–H and O–H groups in total. The Bertz CT molecular complexity index is 1730. The number of nitrogens with one attached hydrogen (secondary N) is 2. The van der Waals surface area contributed by atoms with E-state index in [1.807, 2.05) is 0 Å². The highest BCUT2D eigenvalue weighted by atomic mass is 32.2. The number of Topliss-reactive ketones (excluding diaryl/α,β-unsaturated/α-hetero) is 1. The summed E-state index contributed by atoms with van der Waals surface area (Å²) >= 11 is 2.07. The number of ether oxygens (including phenoxy) is 1. The van der Waals surface area contributed by atoms with Crippen LogP contribution in [-0.2, 0) is 42.3 Å². The Morgan fingerprint density at radius 2 is 1.90 bits per heavy atom. The van der Waals surface area contributed by atoms with Gasteiger partial charge in [0.15, 0.2) is 34.7 Å². The van der Waals surface area contributed by atoms with Crippen LogP contribution in [0, 0.1) is 5.92 Å². The molecule has 3 amide bonds. The molecule has 2 aliphatic rings. The van der Waals surface area contributed by atoms with Crippen molar-refractivity contribution in [1.29, 1.82) is 0 Å². The second-order valence-electron chi connectivity index (χ2n) is 12.6. The molecule has 0 radical (unpaired) electrons. The molecule has 2 aliphatic heterocycles. The highest BCUT2D eigenvalue weighted by molar-refractivity contribution is 8.00. The van der Waals surface area contributed by atoms with E-state index in [4.69, 9.17) is 26.8 Å². The number of carbonyl (C=O) groups excluding carboxylic acids is 5. The number of ketones is 1. The van der Waals surface area contributed by atoms with Crippen LogP contribution >= 0.6 is 23.3 Å². The summed E-state index contributed by atoms with van der Waals surface area (Å²) in [6, 6.07) is -0.520. The lowest BCUT2D eigenvalue weighted by atomic mass is 9.89. The van der Waals surface area contributed by atoms with Crippen molar-refractivity contribution in [3.63, 3.8) is 0 Å². The molecule has 4 heterocycles. The predicted octanol–water partition coefficient (Wildman–Crippen LogP) is -1.56. The fourth-order valence-corrected chi connectivity index (χ4v) is 6.62. The van der Waals surface area contributed by atoms with Crippen LogP contribution in [0.15, 0.2) is 22.6 Å². The average Bonchev–Trinajstić information content (AvgIpc) is 3.55. The predicted molar refractivity (Wildman–Crippen MR) is 176 cm³/mol. The maximum atomic E-state index is 13.6. The number of rotatable bonds is 13. The Labute approximate surface area is 289 Å². The summed E-state index contributed by atoms with van der Waals surface area (Å²) in [6.07, 6.45) is 1.14. The monoisotopic (exact) mass is 721 g/mol. The Hall–Kier alpha value is -4.76. The largest absolute Gasteiger partial charge is 0.543 e. The van der Waals surface area contributed by atoms with Crippen LogP contribution in [0.25, 0.3) is 0 Å². The summed E-state index contributed by atoms with van der Waals surface area (Å²) in [4.78, 5) is 74.8. The topological polar surface area (TPSA) is 279 Å². The van der Waals surface area contributed by atoms with Crippen LogP contribution in [0.1, 0.15) is 46.9 Å². The quantitative estimate of drug-likeness (QED) is 0.0515. The van der Waals surface area contributed by atoms with E-state index in [-0.39, 0.29) is 65.7 Å². The number of carboxylic acid groups (broad SMARTS) is 1. The highest BCUT2D eigenvalue weighted by Gasteiger charge is 2.53. The van der Waals surface area contributed by atoms with Crippen molar-refractivity contribution in [2.45, 2.75) is 64.2 Å². The number of aromatic nitrogens is 4. The van der Waals surface area contributed by atoms with Crippen LogP contribution in [0.5, 0.6) is 0 Å². The van der Waals surface area contributed by atoms with Crippen molar-refractivity contribution < 1.29 is 43.3 Å². The van der Waals surface area contributed by atoms with Gasteiger partial charge < -0.3 is 42.0 Å². The Morgan fingerprint density at radius 1 is 1.20 bits per heavy atom. The van der Waals surface area contributed by atoms with Gasteiger partial charge in [-0.1, -0.05) is 5.16 Å². The minimum Gasteiger partial charge on any atom is -0.543 e. The summed E-state index contributed by atoms with van der Waals surface area (Å²) in [6.45, 7) is 8.37. The van der Waals surface area contributed by atoms with E-state index < -0.39 is 52.2 Å². The van der Waals surface area contributed by atoms with Crippen molar-refractivity contribution >= 4 is 75.3 Å². The number of amides is 3. The number of carbonyl (C=O) groups is 5. The van der Waals surface area contributed by atoms with Gasteiger partial charge in [-0.25, -0.2) is 9.59 Å². The number of thioether (sulfide) groups is 1. The van der Waals surface area contributed by atoms with Gasteiger partial charge in [0.25, 0.3) is 0 Å². The van der Waals surface area contributed by atoms with Gasteiger partial charge in [-0.15, -0.1) is 21.1 Å². The van der Waals surface area contributed by atoms with Crippen LogP contribution in [0.2, 0.25) is 0 Å². The normalized spacial score (nSPS) is 18.1. The molecule has 4 rings (SSSR count). The number of aliphatic carboxylic acids is 1. The third-order valence-corrected chi connectivity index (χ3v) is 9.19. The summed E-state index contributed by atoms with van der Waals surface area (Å²) in [5.41, 5.74) is 14.8. The van der Waals surface area contributed by atoms with Gasteiger partial charge in [0.05, 0.1) is 30.0 Å². The molecule has 266 valence electrons. The maximum absolute atomic E-state index is 13.6. The number of nitrogen functional groups attached to an aromatic ring is 2. The standard InChI is InChI=1S/C28H39N11O8S2/c1-27(2,3)46-24(44)28(4,5)47-35-17(20-34-25(31)49-36-20)16(40)9-14-21(41)39-18(23(42)43)13(12-48-22(14)39)10-38-11-15(19(30)37(38)6)33-26(45)32-8-7-29/h11,14,22,30H,7-10,12,29H2,1-6H3,(H5,31,32,33,34,36,42,43,45)/b35-17+/t14-,22-/m1/s1. The number of nitrogens with zero attached hydrogens (tertiary/aromatic N) is 6. The molecule has 0 unspecified atom stereocenters. The van der Waals surface area contributed by atoms with E-state index in [1.54, 1.807) is 32.5 Å². The molecule has 0 bridgehead atoms. The lowest BCUT2D eigenvalue weighted by Gasteiger charge is -2.50. The first-order valence-corrected chi connectivity index (χ1v) is 16.8.